The summed E-state index contributed by atoms with van der Waals surface area (Å²) in [6.45, 7) is 0.721. The number of nitrogens with one attached hydrogen (secondary N) is 2. The smallest absolute Gasteiger partial charge is 0.287 e. The van der Waals surface area contributed by atoms with E-state index in [1.54, 1.807) is 12.1 Å². The lowest BCUT2D eigenvalue weighted by Gasteiger charge is -2.05. The summed E-state index contributed by atoms with van der Waals surface area (Å²) in [6, 6.07) is 7.40. The maximum absolute atomic E-state index is 11.7. The number of amides is 1. The molecule has 10 heteroatoms. The summed E-state index contributed by atoms with van der Waals surface area (Å²) in [6.07, 6.45) is 3.91. The van der Waals surface area contributed by atoms with E-state index in [1.165, 1.54) is 30.4 Å². The minimum Gasteiger partial charge on any atom is -0.507 e. The summed E-state index contributed by atoms with van der Waals surface area (Å²) < 4.78 is 0. The number of nitrogens with two attached hydrogens (primary N) is 1. The van der Waals surface area contributed by atoms with Crippen molar-refractivity contribution in [3.63, 3.8) is 0 Å². The SMILES string of the molecule is Cl.Nc1ccc(O)c(C=CC(=O)NCCNc2ccc([N+](=O)[O-])cn2)c1. The first-order valence-corrected chi connectivity index (χ1v) is 7.34. The molecule has 2 rings (SSSR count). The summed E-state index contributed by atoms with van der Waals surface area (Å²) in [4.78, 5) is 25.6. The Morgan fingerprint density at radius 3 is 2.73 bits per heavy atom. The number of nitrogens with zero attached hydrogens (tertiary/aromatic N) is 2. The van der Waals surface area contributed by atoms with Gasteiger partial charge in [-0.25, -0.2) is 4.98 Å². The fourth-order valence-electron chi connectivity index (χ4n) is 1.91. The molecule has 0 saturated carbocycles. The second kappa shape index (κ2) is 9.84. The summed E-state index contributed by atoms with van der Waals surface area (Å²) in [5, 5.41) is 25.7. The number of hydrogen-bond acceptors (Lipinski definition) is 7. The van der Waals surface area contributed by atoms with Gasteiger partial charge in [-0.1, -0.05) is 0 Å². The van der Waals surface area contributed by atoms with Crippen LogP contribution in [0.3, 0.4) is 0 Å². The zero-order chi connectivity index (χ0) is 18.2. The molecule has 138 valence electrons. The predicted octanol–water partition coefficient (Wildman–Crippen LogP) is 1.94. The molecule has 0 saturated heterocycles. The zero-order valence-corrected chi connectivity index (χ0v) is 14.4. The van der Waals surface area contributed by atoms with Gasteiger partial charge in [0.05, 0.1) is 4.92 Å². The van der Waals surface area contributed by atoms with E-state index >= 15 is 0 Å². The van der Waals surface area contributed by atoms with E-state index in [1.807, 2.05) is 0 Å². The Morgan fingerprint density at radius 1 is 1.31 bits per heavy atom. The maximum Gasteiger partial charge on any atom is 0.287 e. The number of nitro groups is 1. The number of rotatable bonds is 7. The lowest BCUT2D eigenvalue weighted by Crippen LogP contribution is -2.27. The number of phenolic OH excluding ortho intramolecular Hbond substituents is 1. The van der Waals surface area contributed by atoms with Crippen LogP contribution in [-0.2, 0) is 4.79 Å². The average Bonchev–Trinajstić information content (AvgIpc) is 2.60. The van der Waals surface area contributed by atoms with Crippen molar-refractivity contribution in [1.29, 1.82) is 0 Å². The van der Waals surface area contributed by atoms with Crippen LogP contribution in [0.15, 0.2) is 42.6 Å². The highest BCUT2D eigenvalue weighted by Crippen LogP contribution is 2.20. The Bertz CT molecular complexity index is 796. The molecular weight excluding hydrogens is 362 g/mol. The van der Waals surface area contributed by atoms with E-state index in [9.17, 15) is 20.0 Å². The Kier molecular flexibility index (Phi) is 7.84. The van der Waals surface area contributed by atoms with Crippen molar-refractivity contribution in [2.45, 2.75) is 0 Å². The van der Waals surface area contributed by atoms with E-state index in [4.69, 9.17) is 5.73 Å². The van der Waals surface area contributed by atoms with Crippen molar-refractivity contribution in [1.82, 2.24) is 10.3 Å². The third kappa shape index (κ3) is 6.29. The average molecular weight is 380 g/mol. The minimum atomic E-state index is -0.526. The second-order valence-corrected chi connectivity index (χ2v) is 5.03. The van der Waals surface area contributed by atoms with Crippen molar-refractivity contribution >= 4 is 41.6 Å². The number of anilines is 2. The largest absolute Gasteiger partial charge is 0.507 e. The van der Waals surface area contributed by atoms with Gasteiger partial charge in [0.1, 0.15) is 17.8 Å². The normalized spacial score (nSPS) is 10.2. The number of benzene rings is 1. The van der Waals surface area contributed by atoms with E-state index in [0.717, 1.165) is 6.20 Å². The molecule has 0 atom stereocenters. The van der Waals surface area contributed by atoms with E-state index in [0.29, 0.717) is 30.2 Å². The molecule has 0 bridgehead atoms. The van der Waals surface area contributed by atoms with E-state index in [-0.39, 0.29) is 29.8 Å². The highest BCUT2D eigenvalue weighted by molar-refractivity contribution is 5.92. The van der Waals surface area contributed by atoms with Crippen LogP contribution in [0.5, 0.6) is 5.75 Å². The first-order chi connectivity index (χ1) is 12.0. The van der Waals surface area contributed by atoms with Gasteiger partial charge in [-0.2, -0.15) is 0 Å². The standard InChI is InChI=1S/C16H17N5O4.ClH/c17-12-2-4-14(22)11(9-12)1-6-16(23)19-8-7-18-15-5-3-13(10-20-15)21(24)25;/h1-6,9-10,22H,7-8,17H2,(H,18,20)(H,19,23);1H. The molecule has 0 aliphatic heterocycles. The monoisotopic (exact) mass is 379 g/mol. The number of carbonyl (C=O) groups excluding carboxylic acids is 1. The number of aromatic hydroxyl groups is 1. The van der Waals surface area contributed by atoms with Crippen molar-refractivity contribution in [3.8, 4) is 5.75 Å². The van der Waals surface area contributed by atoms with Gasteiger partial charge >= 0.3 is 0 Å². The number of nitrogen functional groups attached to an aromatic ring is 1. The fraction of sp³-hybridized carbons (Fsp3) is 0.125. The first-order valence-electron chi connectivity index (χ1n) is 7.34. The molecule has 1 aromatic heterocycles. The quantitative estimate of drug-likeness (QED) is 0.144. The summed E-state index contributed by atoms with van der Waals surface area (Å²) >= 11 is 0. The molecule has 1 aromatic carbocycles. The van der Waals surface area contributed by atoms with Gasteiger partial charge in [0.25, 0.3) is 5.69 Å². The second-order valence-electron chi connectivity index (χ2n) is 5.03. The Balaban J connectivity index is 0.00000338. The van der Waals surface area contributed by atoms with Crippen LogP contribution in [0, 0.1) is 10.1 Å². The van der Waals surface area contributed by atoms with Crippen LogP contribution in [0.4, 0.5) is 17.2 Å². The van der Waals surface area contributed by atoms with Gasteiger partial charge in [-0.15, -0.1) is 12.4 Å². The van der Waals surface area contributed by atoms with Crippen LogP contribution in [0.25, 0.3) is 6.08 Å². The lowest BCUT2D eigenvalue weighted by molar-refractivity contribution is -0.385. The predicted molar refractivity (Wildman–Crippen MR) is 101 cm³/mol. The number of aromatic nitrogens is 1. The summed E-state index contributed by atoms with van der Waals surface area (Å²) in [5.41, 5.74) is 6.46. The molecule has 1 amide bonds. The highest BCUT2D eigenvalue weighted by Gasteiger charge is 2.04. The number of hydrogen-bond donors (Lipinski definition) is 4. The topological polar surface area (TPSA) is 143 Å². The number of phenols is 1. The molecule has 9 nitrogen and oxygen atoms in total. The molecule has 0 spiro atoms. The molecule has 2 aromatic rings. The van der Waals surface area contributed by atoms with Crippen LogP contribution in [-0.4, -0.2) is 34.0 Å². The minimum absolute atomic E-state index is 0. The molecule has 26 heavy (non-hydrogen) atoms. The molecule has 0 fully saturated rings. The zero-order valence-electron chi connectivity index (χ0n) is 13.6. The lowest BCUT2D eigenvalue weighted by atomic mass is 10.1. The molecule has 1 heterocycles. The first kappa shape index (κ1) is 20.7. The molecule has 5 N–H and O–H groups in total. The maximum atomic E-state index is 11.7. The van der Waals surface area contributed by atoms with Gasteiger partial charge in [0.2, 0.25) is 5.91 Å². The van der Waals surface area contributed by atoms with E-state index < -0.39 is 4.92 Å². The molecule has 0 aliphatic rings. The van der Waals surface area contributed by atoms with Crippen LogP contribution in [0.2, 0.25) is 0 Å². The number of halogens is 1. The summed E-state index contributed by atoms with van der Waals surface area (Å²) in [7, 11) is 0. The van der Waals surface area contributed by atoms with Crippen molar-refractivity contribution in [2.75, 3.05) is 24.1 Å². The Hall–Kier alpha value is -3.33. The van der Waals surface area contributed by atoms with E-state index in [2.05, 4.69) is 15.6 Å². The van der Waals surface area contributed by atoms with Gasteiger partial charge in [-0.3, -0.25) is 14.9 Å². The van der Waals surface area contributed by atoms with Crippen molar-refractivity contribution < 1.29 is 14.8 Å². The molecule has 0 aliphatic carbocycles. The van der Waals surface area contributed by atoms with Gasteiger partial charge in [0, 0.05) is 36.5 Å². The van der Waals surface area contributed by atoms with Crippen molar-refractivity contribution in [2.24, 2.45) is 0 Å². The van der Waals surface area contributed by atoms with Gasteiger partial charge < -0.3 is 21.5 Å². The third-order valence-electron chi connectivity index (χ3n) is 3.15. The van der Waals surface area contributed by atoms with Crippen LogP contribution in [0.1, 0.15) is 5.56 Å². The van der Waals surface area contributed by atoms with Crippen LogP contribution >= 0.6 is 12.4 Å². The highest BCUT2D eigenvalue weighted by atomic mass is 35.5. The number of pyridine rings is 1. The van der Waals surface area contributed by atoms with Gasteiger partial charge in [0.15, 0.2) is 0 Å². The number of carbonyl (C=O) groups is 1. The third-order valence-corrected chi connectivity index (χ3v) is 3.15. The Morgan fingerprint density at radius 2 is 2.08 bits per heavy atom. The van der Waals surface area contributed by atoms with Gasteiger partial charge in [-0.05, 0) is 30.3 Å². The van der Waals surface area contributed by atoms with Crippen LogP contribution < -0.4 is 16.4 Å². The molecular formula is C16H18ClN5O4. The van der Waals surface area contributed by atoms with Crippen molar-refractivity contribution in [3.05, 3.63) is 58.3 Å². The fourth-order valence-corrected chi connectivity index (χ4v) is 1.91. The summed E-state index contributed by atoms with van der Waals surface area (Å²) in [5.74, 6) is 0.171. The molecule has 0 unspecified atom stereocenters. The Labute approximate surface area is 155 Å². The molecule has 0 radical (unpaired) electrons.